The maximum Gasteiger partial charge on any atom is 0.243 e. The van der Waals surface area contributed by atoms with Crippen LogP contribution in [0.15, 0.2) is 36.9 Å². The number of ether oxygens (including phenoxy) is 1. The van der Waals surface area contributed by atoms with E-state index in [0.29, 0.717) is 18.9 Å². The van der Waals surface area contributed by atoms with Crippen LogP contribution < -0.4 is 10.1 Å². The number of hydrogen-bond donors (Lipinski definition) is 2. The maximum absolute atomic E-state index is 10.8. The van der Waals surface area contributed by atoms with Crippen molar-refractivity contribution in [3.8, 4) is 11.5 Å². The number of carbonyl (C=O) groups is 1. The molecule has 0 radical (unpaired) electrons. The third-order valence-electron chi connectivity index (χ3n) is 2.14. The molecule has 17 heavy (non-hydrogen) atoms. The summed E-state index contributed by atoms with van der Waals surface area (Å²) in [6.07, 6.45) is 2.94. The molecule has 4 heteroatoms. The molecule has 1 rings (SSSR count). The summed E-state index contributed by atoms with van der Waals surface area (Å²) in [5, 5.41) is 11.9. The summed E-state index contributed by atoms with van der Waals surface area (Å²) in [5.41, 5.74) is 0. The minimum absolute atomic E-state index is 0.154. The number of nitrogens with one attached hydrogen (secondary N) is 1. The fourth-order valence-corrected chi connectivity index (χ4v) is 1.27. The molecule has 0 atom stereocenters. The van der Waals surface area contributed by atoms with Crippen LogP contribution in [0, 0.1) is 0 Å². The van der Waals surface area contributed by atoms with Crippen LogP contribution in [0.1, 0.15) is 12.8 Å². The van der Waals surface area contributed by atoms with Crippen molar-refractivity contribution in [3.05, 3.63) is 36.9 Å². The van der Waals surface area contributed by atoms with Crippen molar-refractivity contribution < 1.29 is 14.6 Å². The fraction of sp³-hybridized carbons (Fsp3) is 0.308. The highest BCUT2D eigenvalue weighted by Crippen LogP contribution is 2.17. The van der Waals surface area contributed by atoms with Gasteiger partial charge in [0.1, 0.15) is 11.5 Å². The lowest BCUT2D eigenvalue weighted by Gasteiger charge is -2.06. The lowest BCUT2D eigenvalue weighted by molar-refractivity contribution is -0.116. The molecule has 0 aromatic heterocycles. The van der Waals surface area contributed by atoms with E-state index in [0.717, 1.165) is 12.8 Å². The molecule has 1 aromatic rings. The Balaban J connectivity index is 2.08. The van der Waals surface area contributed by atoms with Gasteiger partial charge < -0.3 is 15.2 Å². The molecule has 4 nitrogen and oxygen atoms in total. The van der Waals surface area contributed by atoms with Crippen LogP contribution in [0.4, 0.5) is 0 Å². The topological polar surface area (TPSA) is 58.6 Å². The molecular formula is C13H17NO3. The average molecular weight is 235 g/mol. The van der Waals surface area contributed by atoms with Gasteiger partial charge in [-0.05, 0) is 31.1 Å². The molecule has 0 aliphatic carbocycles. The summed E-state index contributed by atoms with van der Waals surface area (Å²) >= 11 is 0. The Morgan fingerprint density at radius 2 is 2.29 bits per heavy atom. The highest BCUT2D eigenvalue weighted by Gasteiger charge is 1.96. The molecule has 1 aromatic carbocycles. The predicted molar refractivity (Wildman–Crippen MR) is 66.0 cm³/mol. The van der Waals surface area contributed by atoms with E-state index >= 15 is 0 Å². The zero-order valence-electron chi connectivity index (χ0n) is 9.69. The third kappa shape index (κ3) is 5.61. The average Bonchev–Trinajstić information content (AvgIpc) is 2.33. The van der Waals surface area contributed by atoms with Crippen molar-refractivity contribution >= 4 is 5.91 Å². The molecule has 0 saturated heterocycles. The van der Waals surface area contributed by atoms with Crippen molar-refractivity contribution in [2.75, 3.05) is 13.2 Å². The number of benzene rings is 1. The molecular weight excluding hydrogens is 218 g/mol. The van der Waals surface area contributed by atoms with Gasteiger partial charge in [-0.3, -0.25) is 4.79 Å². The molecule has 0 fully saturated rings. The van der Waals surface area contributed by atoms with Crippen LogP contribution in [-0.4, -0.2) is 24.2 Å². The van der Waals surface area contributed by atoms with E-state index in [1.807, 2.05) is 0 Å². The highest BCUT2D eigenvalue weighted by atomic mass is 16.5. The van der Waals surface area contributed by atoms with E-state index in [9.17, 15) is 9.90 Å². The van der Waals surface area contributed by atoms with E-state index in [4.69, 9.17) is 4.74 Å². The van der Waals surface area contributed by atoms with Crippen molar-refractivity contribution in [1.82, 2.24) is 5.32 Å². The largest absolute Gasteiger partial charge is 0.508 e. The van der Waals surface area contributed by atoms with Gasteiger partial charge in [0.2, 0.25) is 5.91 Å². The smallest absolute Gasteiger partial charge is 0.243 e. The predicted octanol–water partition coefficient (Wildman–Crippen LogP) is 1.85. The second-order valence-corrected chi connectivity index (χ2v) is 3.55. The summed E-state index contributed by atoms with van der Waals surface area (Å²) in [6.45, 7) is 4.55. The monoisotopic (exact) mass is 235 g/mol. The Morgan fingerprint density at radius 3 is 3.00 bits per heavy atom. The zero-order chi connectivity index (χ0) is 12.5. The van der Waals surface area contributed by atoms with Gasteiger partial charge in [0.15, 0.2) is 0 Å². The van der Waals surface area contributed by atoms with Crippen LogP contribution in [-0.2, 0) is 4.79 Å². The van der Waals surface area contributed by atoms with Gasteiger partial charge >= 0.3 is 0 Å². The molecule has 92 valence electrons. The summed E-state index contributed by atoms with van der Waals surface area (Å²) in [4.78, 5) is 10.8. The highest BCUT2D eigenvalue weighted by molar-refractivity contribution is 5.86. The lowest BCUT2D eigenvalue weighted by Crippen LogP contribution is -2.22. The molecule has 0 saturated carbocycles. The molecule has 0 aliphatic rings. The fourth-order valence-electron chi connectivity index (χ4n) is 1.27. The van der Waals surface area contributed by atoms with E-state index in [2.05, 4.69) is 11.9 Å². The first-order chi connectivity index (χ1) is 8.22. The molecule has 0 spiro atoms. The van der Waals surface area contributed by atoms with Crippen LogP contribution in [0.25, 0.3) is 0 Å². The number of rotatable bonds is 7. The van der Waals surface area contributed by atoms with Crippen molar-refractivity contribution in [2.45, 2.75) is 12.8 Å². The van der Waals surface area contributed by atoms with Crippen molar-refractivity contribution in [3.63, 3.8) is 0 Å². The minimum Gasteiger partial charge on any atom is -0.508 e. The number of aromatic hydroxyl groups is 1. The van der Waals surface area contributed by atoms with Gasteiger partial charge in [0.25, 0.3) is 0 Å². The second-order valence-electron chi connectivity index (χ2n) is 3.55. The first-order valence-corrected chi connectivity index (χ1v) is 5.54. The van der Waals surface area contributed by atoms with Crippen molar-refractivity contribution in [1.29, 1.82) is 0 Å². The SMILES string of the molecule is C=CC(=O)NCCCCOc1cccc(O)c1. The first kappa shape index (κ1) is 13.1. The molecule has 0 unspecified atom stereocenters. The second kappa shape index (κ2) is 7.33. The number of unbranched alkanes of at least 4 members (excludes halogenated alkanes) is 1. The van der Waals surface area contributed by atoms with E-state index < -0.39 is 0 Å². The third-order valence-corrected chi connectivity index (χ3v) is 2.14. The van der Waals surface area contributed by atoms with Gasteiger partial charge in [0.05, 0.1) is 6.61 Å². The van der Waals surface area contributed by atoms with Gasteiger partial charge in [0, 0.05) is 12.6 Å². The molecule has 0 bridgehead atoms. The summed E-state index contributed by atoms with van der Waals surface area (Å²) < 4.78 is 5.43. The molecule has 2 N–H and O–H groups in total. The van der Waals surface area contributed by atoms with Crippen LogP contribution >= 0.6 is 0 Å². The Hall–Kier alpha value is -1.97. The number of phenolic OH excluding ortho intramolecular Hbond substituents is 1. The Bertz CT molecular complexity index is 377. The Kier molecular flexibility index (Phi) is 5.64. The number of amides is 1. The zero-order valence-corrected chi connectivity index (χ0v) is 9.69. The standard InChI is InChI=1S/C13H17NO3/c1-2-13(16)14-8-3-4-9-17-12-7-5-6-11(15)10-12/h2,5-7,10,15H,1,3-4,8-9H2,(H,14,16). The quantitative estimate of drug-likeness (QED) is 0.560. The summed E-state index contributed by atoms with van der Waals surface area (Å²) in [6, 6.07) is 6.69. The number of hydrogen-bond acceptors (Lipinski definition) is 3. The molecule has 0 aliphatic heterocycles. The molecule has 1 amide bonds. The van der Waals surface area contributed by atoms with Crippen LogP contribution in [0.3, 0.4) is 0 Å². The van der Waals surface area contributed by atoms with Gasteiger partial charge in [-0.2, -0.15) is 0 Å². The minimum atomic E-state index is -0.154. The Morgan fingerprint density at radius 1 is 1.47 bits per heavy atom. The summed E-state index contributed by atoms with van der Waals surface area (Å²) in [7, 11) is 0. The lowest BCUT2D eigenvalue weighted by atomic mass is 10.3. The van der Waals surface area contributed by atoms with Gasteiger partial charge in [-0.1, -0.05) is 12.6 Å². The Labute approximate surface area is 101 Å². The van der Waals surface area contributed by atoms with Crippen LogP contribution in [0.2, 0.25) is 0 Å². The van der Waals surface area contributed by atoms with Crippen molar-refractivity contribution in [2.24, 2.45) is 0 Å². The van der Waals surface area contributed by atoms with Gasteiger partial charge in [-0.15, -0.1) is 0 Å². The maximum atomic E-state index is 10.8. The van der Waals surface area contributed by atoms with E-state index in [1.165, 1.54) is 6.08 Å². The van der Waals surface area contributed by atoms with E-state index in [1.54, 1.807) is 24.3 Å². The van der Waals surface area contributed by atoms with Gasteiger partial charge in [-0.25, -0.2) is 0 Å². The van der Waals surface area contributed by atoms with Crippen LogP contribution in [0.5, 0.6) is 11.5 Å². The van der Waals surface area contributed by atoms with E-state index in [-0.39, 0.29) is 11.7 Å². The number of phenols is 1. The number of carbonyl (C=O) groups excluding carboxylic acids is 1. The summed E-state index contributed by atoms with van der Waals surface area (Å²) in [5.74, 6) is 0.694. The normalized spacial score (nSPS) is 9.65. The molecule has 0 heterocycles. The first-order valence-electron chi connectivity index (χ1n) is 5.54.